The number of nitrogens with zero attached hydrogens (tertiary/aromatic N) is 1. The van der Waals surface area contributed by atoms with Crippen molar-refractivity contribution in [2.24, 2.45) is 0 Å². The molecule has 0 saturated heterocycles. The zero-order chi connectivity index (χ0) is 20.4. The molecular weight excluding hydrogens is 352 g/mol. The molecule has 148 valence electrons. The molecule has 5 nitrogen and oxygen atoms in total. The first-order chi connectivity index (χ1) is 13.3. The van der Waals surface area contributed by atoms with Gasteiger partial charge >= 0.3 is 0 Å². The summed E-state index contributed by atoms with van der Waals surface area (Å²) in [7, 11) is 5.63. The van der Waals surface area contributed by atoms with E-state index in [-0.39, 0.29) is 11.9 Å². The molecule has 0 radical (unpaired) electrons. The average molecular weight is 380 g/mol. The lowest BCUT2D eigenvalue weighted by atomic mass is 10.0. The van der Waals surface area contributed by atoms with Crippen molar-refractivity contribution >= 4 is 16.9 Å². The fourth-order valence-corrected chi connectivity index (χ4v) is 3.79. The van der Waals surface area contributed by atoms with E-state index in [0.29, 0.717) is 12.3 Å². The minimum absolute atomic E-state index is 0.0197. The molecule has 2 aromatic carbocycles. The molecule has 0 saturated carbocycles. The summed E-state index contributed by atoms with van der Waals surface area (Å²) in [6.45, 7) is 6.45. The number of carbonyl (C=O) groups excluding carboxylic acids is 1. The number of para-hydroxylation sites is 1. The van der Waals surface area contributed by atoms with Gasteiger partial charge in [-0.05, 0) is 58.1 Å². The molecule has 5 heteroatoms. The van der Waals surface area contributed by atoms with Crippen LogP contribution in [0.5, 0.6) is 5.75 Å². The van der Waals surface area contributed by atoms with Crippen molar-refractivity contribution in [1.82, 2.24) is 10.2 Å². The Morgan fingerprint density at radius 1 is 1.18 bits per heavy atom. The lowest BCUT2D eigenvalue weighted by molar-refractivity contribution is 0.0915. The number of rotatable bonds is 6. The minimum atomic E-state index is -0.201. The summed E-state index contributed by atoms with van der Waals surface area (Å²) in [6.07, 6.45) is 0. The summed E-state index contributed by atoms with van der Waals surface area (Å²) in [4.78, 5) is 15.0. The van der Waals surface area contributed by atoms with Crippen molar-refractivity contribution in [3.05, 3.63) is 64.4 Å². The molecule has 0 spiro atoms. The number of methoxy groups -OCH3 is 1. The Bertz CT molecular complexity index is 1000. The SMILES string of the molecule is COc1ccccc1C(CNC(=O)c1oc2cc(C)cc(C)c2c1C)N(C)C. The monoisotopic (exact) mass is 380 g/mol. The van der Waals surface area contributed by atoms with Crippen LogP contribution in [-0.2, 0) is 0 Å². The van der Waals surface area contributed by atoms with Gasteiger partial charge in [0.25, 0.3) is 5.91 Å². The summed E-state index contributed by atoms with van der Waals surface area (Å²) in [6, 6.07) is 11.9. The van der Waals surface area contributed by atoms with Gasteiger partial charge in [0.15, 0.2) is 5.76 Å². The number of carbonyl (C=O) groups is 1. The van der Waals surface area contributed by atoms with Crippen LogP contribution in [0.15, 0.2) is 40.8 Å². The zero-order valence-corrected chi connectivity index (χ0v) is 17.4. The molecule has 1 heterocycles. The van der Waals surface area contributed by atoms with Crippen LogP contribution in [0.25, 0.3) is 11.0 Å². The maximum atomic E-state index is 12.9. The van der Waals surface area contributed by atoms with Crippen LogP contribution in [0.4, 0.5) is 0 Å². The summed E-state index contributed by atoms with van der Waals surface area (Å²) in [5.74, 6) is 0.982. The summed E-state index contributed by atoms with van der Waals surface area (Å²) in [5.41, 5.74) is 4.91. The Kier molecular flexibility index (Phi) is 5.75. The fraction of sp³-hybridized carbons (Fsp3) is 0.348. The Morgan fingerprint density at radius 3 is 2.57 bits per heavy atom. The van der Waals surface area contributed by atoms with Gasteiger partial charge in [0.2, 0.25) is 0 Å². The van der Waals surface area contributed by atoms with Crippen LogP contribution in [0.1, 0.15) is 38.9 Å². The van der Waals surface area contributed by atoms with E-state index in [4.69, 9.17) is 9.15 Å². The van der Waals surface area contributed by atoms with Crippen molar-refractivity contribution in [3.8, 4) is 5.75 Å². The number of aryl methyl sites for hydroxylation is 3. The van der Waals surface area contributed by atoms with Crippen LogP contribution in [0.3, 0.4) is 0 Å². The molecule has 3 aromatic rings. The average Bonchev–Trinajstić information content (AvgIpc) is 2.98. The second kappa shape index (κ2) is 8.07. The van der Waals surface area contributed by atoms with Crippen LogP contribution < -0.4 is 10.1 Å². The predicted molar refractivity (Wildman–Crippen MR) is 112 cm³/mol. The number of fused-ring (bicyclic) bond motifs is 1. The number of hydrogen-bond donors (Lipinski definition) is 1. The van der Waals surface area contributed by atoms with Gasteiger partial charge in [0.05, 0.1) is 13.2 Å². The van der Waals surface area contributed by atoms with Crippen molar-refractivity contribution < 1.29 is 13.9 Å². The molecule has 0 fully saturated rings. The Hall–Kier alpha value is -2.79. The molecule has 3 rings (SSSR count). The van der Waals surface area contributed by atoms with Crippen LogP contribution in [0.2, 0.25) is 0 Å². The lowest BCUT2D eigenvalue weighted by Crippen LogP contribution is -2.34. The standard InChI is InChI=1S/C23H28N2O3/c1-14-11-15(2)21-16(3)22(28-20(21)12-14)23(26)24-13-18(25(4)5)17-9-7-8-10-19(17)27-6/h7-12,18H,13H2,1-6H3,(H,24,26). The number of ether oxygens (including phenoxy) is 1. The highest BCUT2D eigenvalue weighted by Crippen LogP contribution is 2.30. The van der Waals surface area contributed by atoms with Crippen LogP contribution in [0, 0.1) is 20.8 Å². The second-order valence-corrected chi connectivity index (χ2v) is 7.44. The molecule has 0 aliphatic carbocycles. The summed E-state index contributed by atoms with van der Waals surface area (Å²) < 4.78 is 11.4. The van der Waals surface area contributed by atoms with E-state index < -0.39 is 0 Å². The number of furan rings is 1. The quantitative estimate of drug-likeness (QED) is 0.689. The van der Waals surface area contributed by atoms with Crippen molar-refractivity contribution in [3.63, 3.8) is 0 Å². The number of likely N-dealkylation sites (N-methyl/N-ethyl adjacent to an activating group) is 1. The molecule has 1 aromatic heterocycles. The molecular formula is C23H28N2O3. The van der Waals surface area contributed by atoms with Gasteiger partial charge in [-0.1, -0.05) is 24.3 Å². The first-order valence-electron chi connectivity index (χ1n) is 9.41. The molecule has 1 amide bonds. The van der Waals surface area contributed by atoms with Gasteiger partial charge < -0.3 is 19.4 Å². The third-order valence-electron chi connectivity index (χ3n) is 5.15. The van der Waals surface area contributed by atoms with E-state index in [1.807, 2.05) is 65.2 Å². The van der Waals surface area contributed by atoms with E-state index >= 15 is 0 Å². The number of benzene rings is 2. The van der Waals surface area contributed by atoms with Gasteiger partial charge in [-0.3, -0.25) is 4.79 Å². The molecule has 0 bridgehead atoms. The largest absolute Gasteiger partial charge is 0.496 e. The van der Waals surface area contributed by atoms with Gasteiger partial charge in [0, 0.05) is 23.1 Å². The highest BCUT2D eigenvalue weighted by molar-refractivity contribution is 6.00. The minimum Gasteiger partial charge on any atom is -0.496 e. The van der Waals surface area contributed by atoms with E-state index in [2.05, 4.69) is 16.3 Å². The highest BCUT2D eigenvalue weighted by Gasteiger charge is 2.23. The van der Waals surface area contributed by atoms with E-state index in [1.54, 1.807) is 7.11 Å². The maximum absolute atomic E-state index is 12.9. The van der Waals surface area contributed by atoms with Crippen LogP contribution >= 0.6 is 0 Å². The second-order valence-electron chi connectivity index (χ2n) is 7.44. The van der Waals surface area contributed by atoms with Gasteiger partial charge in [-0.15, -0.1) is 0 Å². The summed E-state index contributed by atoms with van der Waals surface area (Å²) >= 11 is 0. The van der Waals surface area contributed by atoms with Gasteiger partial charge in [-0.2, -0.15) is 0 Å². The van der Waals surface area contributed by atoms with E-state index in [0.717, 1.165) is 39.0 Å². The molecule has 1 N–H and O–H groups in total. The predicted octanol–water partition coefficient (Wildman–Crippen LogP) is 4.40. The topological polar surface area (TPSA) is 54.7 Å². The first kappa shape index (κ1) is 20.0. The van der Waals surface area contributed by atoms with Gasteiger partial charge in [-0.25, -0.2) is 0 Å². The molecule has 0 aliphatic heterocycles. The van der Waals surface area contributed by atoms with Crippen LogP contribution in [-0.4, -0.2) is 38.6 Å². The van der Waals surface area contributed by atoms with E-state index in [9.17, 15) is 4.79 Å². The molecule has 0 aliphatic rings. The summed E-state index contributed by atoms with van der Waals surface area (Å²) in [5, 5.41) is 4.05. The van der Waals surface area contributed by atoms with Crippen molar-refractivity contribution in [2.75, 3.05) is 27.7 Å². The Balaban J connectivity index is 1.85. The first-order valence-corrected chi connectivity index (χ1v) is 9.41. The normalized spacial score (nSPS) is 12.4. The Morgan fingerprint density at radius 2 is 1.89 bits per heavy atom. The van der Waals surface area contributed by atoms with Gasteiger partial charge in [0.1, 0.15) is 11.3 Å². The lowest BCUT2D eigenvalue weighted by Gasteiger charge is -2.26. The third-order valence-corrected chi connectivity index (χ3v) is 5.15. The van der Waals surface area contributed by atoms with E-state index in [1.165, 1.54) is 0 Å². The fourth-order valence-electron chi connectivity index (χ4n) is 3.79. The Labute approximate surface area is 166 Å². The molecule has 1 atom stereocenters. The van der Waals surface area contributed by atoms with Crippen molar-refractivity contribution in [1.29, 1.82) is 0 Å². The molecule has 28 heavy (non-hydrogen) atoms. The third kappa shape index (κ3) is 3.76. The number of hydrogen-bond acceptors (Lipinski definition) is 4. The smallest absolute Gasteiger partial charge is 0.287 e. The molecule has 1 unspecified atom stereocenters. The number of amides is 1. The zero-order valence-electron chi connectivity index (χ0n) is 17.4. The van der Waals surface area contributed by atoms with Crippen molar-refractivity contribution in [2.45, 2.75) is 26.8 Å². The number of nitrogens with one attached hydrogen (secondary N) is 1. The maximum Gasteiger partial charge on any atom is 0.287 e. The highest BCUT2D eigenvalue weighted by atomic mass is 16.5.